The first kappa shape index (κ1) is 79.8. The van der Waals surface area contributed by atoms with Crippen LogP contribution in [-0.2, 0) is 63.2 Å². The fourth-order valence-electron chi connectivity index (χ4n) is 16.4. The number of nitrogens with zero attached hydrogens (tertiary/aromatic N) is 11. The maximum absolute atomic E-state index is 5.45. The van der Waals surface area contributed by atoms with Gasteiger partial charge in [-0.15, -0.1) is 155 Å². The van der Waals surface area contributed by atoms with E-state index in [0.29, 0.717) is 0 Å². The van der Waals surface area contributed by atoms with E-state index in [1.807, 2.05) is 110 Å². The summed E-state index contributed by atoms with van der Waals surface area (Å²) in [6, 6.07) is 126. The fourth-order valence-corrected chi connectivity index (χ4v) is 19.2. The van der Waals surface area contributed by atoms with Crippen LogP contribution in [0.3, 0.4) is 0 Å². The molecule has 0 saturated heterocycles. The second-order valence-electron chi connectivity index (χ2n) is 29.4. The number of furan rings is 2. The van der Waals surface area contributed by atoms with Crippen LogP contribution in [0.1, 0.15) is 0 Å². The third kappa shape index (κ3) is 15.0. The minimum Gasteiger partial charge on any atom is -0.472 e. The first-order valence-electron chi connectivity index (χ1n) is 39.7. The molecule has 0 fully saturated rings. The Morgan fingerprint density at radius 1 is 0.280 bits per heavy atom. The van der Waals surface area contributed by atoms with Crippen molar-refractivity contribution < 1.29 is 72.0 Å². The molecule has 25 rings (SSSR count). The zero-order valence-electron chi connectivity index (χ0n) is 65.6. The zero-order chi connectivity index (χ0) is 80.6. The summed E-state index contributed by atoms with van der Waals surface area (Å²) in [5.74, 6) is 0. The molecule has 19 heteroatoms. The number of thiazole rings is 3. The number of fused-ring (bicyclic) bond motifs is 12. The van der Waals surface area contributed by atoms with Gasteiger partial charge in [-0.05, 0) is 200 Å². The SMILES string of the molecule is [Pt+2].[Pt+2].[Pt+2].[c-]1c(-c2ccccn2)cc(-c2ccoc2)cc1-n1c2[c-]c(-c3nc4ccc(-c5ccoc5)cc4s3)ccc2c2ccccc21.[c-]1c(-c2ccccn2)cccc1-n1c2[c-]c(-c3nc4ccccc4s3)ccc2c2c(-n3cccc3)cccc21.[c-]1c(-c2ccccn2)cccc1-n1c2[c-]c(-c3nc4ccccc4s3)ccc2c2cc(-n3cccc3)ccc21. The molecule has 13 heterocycles. The average Bonchev–Trinajstić information content (AvgIpc) is 1.71. The van der Waals surface area contributed by atoms with Gasteiger partial charge in [-0.1, -0.05) is 113 Å². The third-order valence-electron chi connectivity index (χ3n) is 22.0. The number of benzene rings is 12. The second kappa shape index (κ2) is 34.2. The van der Waals surface area contributed by atoms with Gasteiger partial charge in [-0.2, -0.15) is 34.0 Å². The summed E-state index contributed by atoms with van der Waals surface area (Å²) in [5, 5.41) is 9.74. The Morgan fingerprint density at radius 3 is 1.33 bits per heavy atom. The molecule has 0 amide bonds. The zero-order valence-corrected chi connectivity index (χ0v) is 74.9. The molecular formula is C106H61N11O2Pt3S3. The Kier molecular flexibility index (Phi) is 21.8. The fraction of sp³-hybridized carbons (Fsp3) is 0. The summed E-state index contributed by atoms with van der Waals surface area (Å²) in [6.45, 7) is 0. The summed E-state index contributed by atoms with van der Waals surface area (Å²) in [7, 11) is 0. The first-order chi connectivity index (χ1) is 60.4. The van der Waals surface area contributed by atoms with Gasteiger partial charge in [0.15, 0.2) is 0 Å². The Morgan fingerprint density at radius 2 is 0.752 bits per heavy atom. The van der Waals surface area contributed by atoms with Gasteiger partial charge in [-0.25, -0.2) is 0 Å². The maximum atomic E-state index is 5.45. The number of para-hydroxylation sites is 3. The van der Waals surface area contributed by atoms with Gasteiger partial charge in [0.25, 0.3) is 0 Å². The molecule has 25 aromatic rings. The molecule has 13 aromatic heterocycles. The average molecular weight is 2200 g/mol. The molecule has 0 aliphatic rings. The van der Waals surface area contributed by atoms with Crippen molar-refractivity contribution in [1.29, 1.82) is 0 Å². The van der Waals surface area contributed by atoms with Crippen molar-refractivity contribution in [3.05, 3.63) is 408 Å². The van der Waals surface area contributed by atoms with Crippen molar-refractivity contribution in [2.75, 3.05) is 0 Å². The minimum absolute atomic E-state index is 0. The summed E-state index contributed by atoms with van der Waals surface area (Å²) in [4.78, 5) is 28.6. The summed E-state index contributed by atoms with van der Waals surface area (Å²) < 4.78 is 25.3. The molecule has 600 valence electrons. The molecule has 0 radical (unpaired) electrons. The minimum atomic E-state index is 0. The van der Waals surface area contributed by atoms with Crippen LogP contribution in [0.4, 0.5) is 0 Å². The van der Waals surface area contributed by atoms with Crippen molar-refractivity contribution in [2.45, 2.75) is 0 Å². The molecule has 0 atom stereocenters. The van der Waals surface area contributed by atoms with E-state index in [-0.39, 0.29) is 63.2 Å². The molecule has 0 unspecified atom stereocenters. The van der Waals surface area contributed by atoms with Crippen LogP contribution in [0.2, 0.25) is 0 Å². The summed E-state index contributed by atoms with van der Waals surface area (Å²) in [5.41, 5.74) is 26.8. The molecule has 0 saturated carbocycles. The first-order valence-corrected chi connectivity index (χ1v) is 42.2. The van der Waals surface area contributed by atoms with E-state index in [1.165, 1.54) is 20.2 Å². The number of aromatic nitrogens is 11. The van der Waals surface area contributed by atoms with Crippen LogP contribution in [0, 0.1) is 36.4 Å². The molecule has 13 nitrogen and oxygen atoms in total. The van der Waals surface area contributed by atoms with Crippen LogP contribution in [0.25, 0.3) is 212 Å². The van der Waals surface area contributed by atoms with E-state index in [4.69, 9.17) is 23.8 Å². The second-order valence-corrected chi connectivity index (χ2v) is 32.5. The van der Waals surface area contributed by atoms with Crippen molar-refractivity contribution in [2.24, 2.45) is 0 Å². The van der Waals surface area contributed by atoms with Gasteiger partial charge in [-0.3, -0.25) is 15.0 Å². The third-order valence-corrected chi connectivity index (χ3v) is 25.2. The topological polar surface area (TPSA) is 128 Å². The van der Waals surface area contributed by atoms with Gasteiger partial charge >= 0.3 is 63.2 Å². The van der Waals surface area contributed by atoms with E-state index in [0.717, 1.165) is 192 Å². The molecule has 0 aliphatic carbocycles. The molecule has 0 aliphatic heterocycles. The number of hydrogen-bond donors (Lipinski definition) is 0. The van der Waals surface area contributed by atoms with E-state index in [2.05, 4.69) is 311 Å². The van der Waals surface area contributed by atoms with Crippen molar-refractivity contribution in [1.82, 2.24) is 52.7 Å². The summed E-state index contributed by atoms with van der Waals surface area (Å²) in [6.07, 6.45) is 20.7. The molecule has 12 aromatic carbocycles. The van der Waals surface area contributed by atoms with Crippen molar-refractivity contribution >= 4 is 130 Å². The molecule has 0 spiro atoms. The predicted octanol–water partition coefficient (Wildman–Crippen LogP) is 27.3. The van der Waals surface area contributed by atoms with Crippen LogP contribution in [0.5, 0.6) is 0 Å². The maximum Gasteiger partial charge on any atom is 2.00 e. The van der Waals surface area contributed by atoms with E-state index in [1.54, 1.807) is 59.1 Å². The van der Waals surface area contributed by atoms with Gasteiger partial charge in [0.1, 0.15) is 0 Å². The summed E-state index contributed by atoms with van der Waals surface area (Å²) >= 11 is 5.06. The molecule has 0 bridgehead atoms. The van der Waals surface area contributed by atoms with E-state index in [9.17, 15) is 0 Å². The van der Waals surface area contributed by atoms with Crippen LogP contribution >= 0.6 is 34.0 Å². The Labute approximate surface area is 772 Å². The van der Waals surface area contributed by atoms with E-state index >= 15 is 0 Å². The number of hydrogen-bond acceptors (Lipinski definition) is 11. The van der Waals surface area contributed by atoms with Crippen LogP contribution in [-0.4, -0.2) is 52.7 Å². The Balaban J connectivity index is 0.000000117. The monoisotopic (exact) mass is 2200 g/mol. The normalized spacial score (nSPS) is 11.3. The molecular weight excluding hydrogens is 2140 g/mol. The number of pyridine rings is 3. The van der Waals surface area contributed by atoms with Crippen molar-refractivity contribution in [3.63, 3.8) is 0 Å². The quantitative estimate of drug-likeness (QED) is 0.104. The molecule has 0 N–H and O–H groups in total. The standard InChI is InChI=1S/C38H21N3O2S.2C34H20N4S.3Pt/c1-2-7-35-31(5-1)32-10-8-25(38-40-34-11-9-24(21-37(34)44-38)26-12-15-42-22-26)20-36(32)41(35)30-18-28(27-13-16-43-23-27)17-29(19-30)33-6-3-4-14-39-33;1-2-15-32-28(12-1)36-34(39-32)24-16-17-26-31(22-24)38(25-10-7-9-23(21-25)27-11-3-4-18-35-27)30-14-8-13-29(33(26)30)37-19-5-6-20-37;1-2-12-33-30(11-1)36-34(39-33)24-13-15-27-28-22-25(37-18-5-6-19-37)14-16-31(28)38(32(27)21-24)26-9-7-8-23(20-26)29-10-3-4-17-35-29;;;/h1-18,21-23H;1-20H;1-19,22H;;;/q3*-2;3*+2. The van der Waals surface area contributed by atoms with Gasteiger partial charge < -0.3 is 46.6 Å². The smallest absolute Gasteiger partial charge is 0.472 e. The number of rotatable bonds is 13. The van der Waals surface area contributed by atoms with Crippen molar-refractivity contribution in [3.8, 4) is 116 Å². The van der Waals surface area contributed by atoms with Crippen LogP contribution in [0.15, 0.2) is 381 Å². The van der Waals surface area contributed by atoms with Crippen LogP contribution < -0.4 is 0 Å². The van der Waals surface area contributed by atoms with Gasteiger partial charge in [0.05, 0.1) is 41.6 Å². The van der Waals surface area contributed by atoms with Gasteiger partial charge in [0, 0.05) is 112 Å². The largest absolute Gasteiger partial charge is 2.00 e. The van der Waals surface area contributed by atoms with E-state index < -0.39 is 0 Å². The predicted molar refractivity (Wildman–Crippen MR) is 495 cm³/mol. The molecule has 125 heavy (non-hydrogen) atoms. The Bertz CT molecular complexity index is 8160. The Hall–Kier alpha value is -13.7. The van der Waals surface area contributed by atoms with Gasteiger partial charge in [0.2, 0.25) is 0 Å².